The van der Waals surface area contributed by atoms with Crippen molar-refractivity contribution in [3.8, 4) is 5.75 Å². The predicted molar refractivity (Wildman–Crippen MR) is 131 cm³/mol. The van der Waals surface area contributed by atoms with Gasteiger partial charge in [-0.05, 0) is 54.1 Å². The summed E-state index contributed by atoms with van der Waals surface area (Å²) >= 11 is 0. The molecule has 3 aromatic carbocycles. The van der Waals surface area contributed by atoms with E-state index < -0.39 is 0 Å². The van der Waals surface area contributed by atoms with E-state index in [-0.39, 0.29) is 24.2 Å². The first-order valence-electron chi connectivity index (χ1n) is 11.1. The van der Waals surface area contributed by atoms with Crippen LogP contribution in [0.1, 0.15) is 5.56 Å². The maximum atomic E-state index is 13.1. The van der Waals surface area contributed by atoms with Gasteiger partial charge in [0, 0.05) is 37.6 Å². The monoisotopic (exact) mass is 462 g/mol. The highest BCUT2D eigenvalue weighted by atomic mass is 19.1. The third-order valence-electron chi connectivity index (χ3n) is 5.75. The summed E-state index contributed by atoms with van der Waals surface area (Å²) in [6.07, 6.45) is 0.275. The number of carbonyl (C=O) groups is 2. The highest BCUT2D eigenvalue weighted by Gasteiger charge is 2.21. The van der Waals surface area contributed by atoms with Gasteiger partial charge in [0.25, 0.3) is 0 Å². The molecule has 1 aliphatic rings. The molecule has 0 atom stereocenters. The molecule has 34 heavy (non-hydrogen) atoms. The van der Waals surface area contributed by atoms with E-state index in [1.807, 2.05) is 41.3 Å². The summed E-state index contributed by atoms with van der Waals surface area (Å²) in [5.41, 5.74) is 3.10. The minimum absolute atomic E-state index is 0.0480. The van der Waals surface area contributed by atoms with Gasteiger partial charge in [0.05, 0.1) is 19.2 Å². The number of carbonyl (C=O) groups excluding carboxylic acids is 2. The molecule has 1 fully saturated rings. The van der Waals surface area contributed by atoms with Crippen LogP contribution in [0.2, 0.25) is 0 Å². The van der Waals surface area contributed by atoms with E-state index in [2.05, 4.69) is 15.5 Å². The van der Waals surface area contributed by atoms with Crippen molar-refractivity contribution in [1.29, 1.82) is 0 Å². The first-order chi connectivity index (χ1) is 16.5. The molecule has 176 valence electrons. The van der Waals surface area contributed by atoms with Crippen molar-refractivity contribution in [3.63, 3.8) is 0 Å². The minimum atomic E-state index is -0.356. The zero-order valence-electron chi connectivity index (χ0n) is 19.0. The van der Waals surface area contributed by atoms with E-state index in [0.717, 1.165) is 24.3 Å². The van der Waals surface area contributed by atoms with Crippen LogP contribution < -0.4 is 20.3 Å². The molecule has 1 heterocycles. The van der Waals surface area contributed by atoms with Crippen molar-refractivity contribution in [3.05, 3.63) is 84.2 Å². The Bertz CT molecular complexity index is 1130. The summed E-state index contributed by atoms with van der Waals surface area (Å²) in [6, 6.07) is 20.5. The normalized spacial score (nSPS) is 13.4. The van der Waals surface area contributed by atoms with Crippen molar-refractivity contribution in [1.82, 2.24) is 4.90 Å². The lowest BCUT2D eigenvalue weighted by atomic mass is 10.1. The van der Waals surface area contributed by atoms with E-state index in [1.54, 1.807) is 31.4 Å². The lowest BCUT2D eigenvalue weighted by Gasteiger charge is -2.36. The number of ether oxygens (including phenoxy) is 1. The number of para-hydroxylation sites is 2. The van der Waals surface area contributed by atoms with Crippen molar-refractivity contribution in [2.45, 2.75) is 6.42 Å². The van der Waals surface area contributed by atoms with Crippen molar-refractivity contribution in [2.75, 3.05) is 48.8 Å². The molecule has 0 spiro atoms. The van der Waals surface area contributed by atoms with Gasteiger partial charge in [-0.15, -0.1) is 0 Å². The number of benzene rings is 3. The van der Waals surface area contributed by atoms with Crippen LogP contribution in [-0.4, -0.2) is 50.1 Å². The van der Waals surface area contributed by atoms with Crippen LogP contribution in [0.4, 0.5) is 26.2 Å². The predicted octanol–water partition coefficient (Wildman–Crippen LogP) is 4.37. The standard InChI is InChI=1S/C26H27FN4O3/c1-34-24-5-3-2-4-23(24)29-26(33)28-21-10-12-22(13-11-21)30-14-16-31(17-15-30)25(32)18-19-6-8-20(27)9-7-19/h2-13H,14-18H2,1H3,(H2,28,29,33). The van der Waals surface area contributed by atoms with E-state index in [9.17, 15) is 14.0 Å². The maximum absolute atomic E-state index is 13.1. The molecule has 8 heteroatoms. The van der Waals surface area contributed by atoms with E-state index in [4.69, 9.17) is 4.74 Å². The molecule has 1 aliphatic heterocycles. The number of nitrogens with zero attached hydrogens (tertiary/aromatic N) is 2. The number of nitrogens with one attached hydrogen (secondary N) is 2. The first-order valence-corrected chi connectivity index (χ1v) is 11.1. The van der Waals surface area contributed by atoms with E-state index in [1.165, 1.54) is 12.1 Å². The largest absolute Gasteiger partial charge is 0.495 e. The number of amides is 3. The van der Waals surface area contributed by atoms with Gasteiger partial charge in [0.1, 0.15) is 11.6 Å². The third kappa shape index (κ3) is 5.83. The fraction of sp³-hybridized carbons (Fsp3) is 0.231. The summed E-state index contributed by atoms with van der Waals surface area (Å²) in [7, 11) is 1.55. The van der Waals surface area contributed by atoms with Gasteiger partial charge in [-0.2, -0.15) is 0 Å². The Morgan fingerprint density at radius 3 is 2.24 bits per heavy atom. The van der Waals surface area contributed by atoms with Gasteiger partial charge in [0.15, 0.2) is 0 Å². The minimum Gasteiger partial charge on any atom is -0.495 e. The molecule has 0 saturated carbocycles. The molecule has 0 unspecified atom stereocenters. The lowest BCUT2D eigenvalue weighted by Crippen LogP contribution is -2.49. The summed E-state index contributed by atoms with van der Waals surface area (Å²) in [4.78, 5) is 29.0. The smallest absolute Gasteiger partial charge is 0.323 e. The molecule has 1 saturated heterocycles. The molecule has 3 aromatic rings. The Hall–Kier alpha value is -4.07. The SMILES string of the molecule is COc1ccccc1NC(=O)Nc1ccc(N2CCN(C(=O)Cc3ccc(F)cc3)CC2)cc1. The molecule has 0 radical (unpaired) electrons. The number of halogens is 1. The van der Waals surface area contributed by atoms with Crippen LogP contribution in [0.5, 0.6) is 5.75 Å². The fourth-order valence-electron chi connectivity index (χ4n) is 3.89. The lowest BCUT2D eigenvalue weighted by molar-refractivity contribution is -0.130. The zero-order valence-corrected chi connectivity index (χ0v) is 19.0. The summed E-state index contributed by atoms with van der Waals surface area (Å²) < 4.78 is 18.3. The van der Waals surface area contributed by atoms with E-state index in [0.29, 0.717) is 30.2 Å². The first kappa shape index (κ1) is 23.1. The molecule has 4 rings (SSSR count). The second-order valence-electron chi connectivity index (χ2n) is 8.00. The Balaban J connectivity index is 1.27. The highest BCUT2D eigenvalue weighted by molar-refractivity contribution is 6.00. The molecular weight excluding hydrogens is 435 g/mol. The quantitative estimate of drug-likeness (QED) is 0.571. The second kappa shape index (κ2) is 10.7. The maximum Gasteiger partial charge on any atom is 0.323 e. The average molecular weight is 463 g/mol. The molecule has 3 amide bonds. The molecule has 0 aliphatic carbocycles. The summed E-state index contributed by atoms with van der Waals surface area (Å²) in [6.45, 7) is 2.69. The molecule has 0 aromatic heterocycles. The van der Waals surface area contributed by atoms with Gasteiger partial charge >= 0.3 is 6.03 Å². The van der Waals surface area contributed by atoms with Gasteiger partial charge < -0.3 is 25.2 Å². The number of methoxy groups -OCH3 is 1. The fourth-order valence-corrected chi connectivity index (χ4v) is 3.89. The Kier molecular flexibility index (Phi) is 7.27. The Morgan fingerprint density at radius 1 is 0.882 bits per heavy atom. The molecule has 7 nitrogen and oxygen atoms in total. The van der Waals surface area contributed by atoms with Crippen molar-refractivity contribution in [2.24, 2.45) is 0 Å². The van der Waals surface area contributed by atoms with Crippen LogP contribution in [0, 0.1) is 5.82 Å². The van der Waals surface area contributed by atoms with Gasteiger partial charge in [-0.3, -0.25) is 4.79 Å². The number of rotatable bonds is 6. The van der Waals surface area contributed by atoms with Crippen LogP contribution in [0.15, 0.2) is 72.8 Å². The van der Waals surface area contributed by atoms with Crippen molar-refractivity contribution >= 4 is 29.0 Å². The topological polar surface area (TPSA) is 73.9 Å². The molecule has 0 bridgehead atoms. The third-order valence-corrected chi connectivity index (χ3v) is 5.75. The van der Waals surface area contributed by atoms with Crippen LogP contribution >= 0.6 is 0 Å². The number of hydrogen-bond acceptors (Lipinski definition) is 4. The number of urea groups is 1. The molecular formula is C26H27FN4O3. The highest BCUT2D eigenvalue weighted by Crippen LogP contribution is 2.24. The number of piperazine rings is 1. The molecule has 2 N–H and O–H groups in total. The summed E-state index contributed by atoms with van der Waals surface area (Å²) in [5.74, 6) is 0.332. The van der Waals surface area contributed by atoms with Gasteiger partial charge in [-0.1, -0.05) is 24.3 Å². The Morgan fingerprint density at radius 2 is 1.56 bits per heavy atom. The zero-order chi connectivity index (χ0) is 23.9. The summed E-state index contributed by atoms with van der Waals surface area (Å²) in [5, 5.41) is 5.60. The van der Waals surface area contributed by atoms with Gasteiger partial charge in [0.2, 0.25) is 5.91 Å². The number of hydrogen-bond donors (Lipinski definition) is 2. The average Bonchev–Trinajstić information content (AvgIpc) is 2.86. The number of anilines is 3. The Labute approximate surface area is 198 Å². The van der Waals surface area contributed by atoms with Gasteiger partial charge in [-0.25, -0.2) is 9.18 Å². The van der Waals surface area contributed by atoms with E-state index >= 15 is 0 Å². The van der Waals surface area contributed by atoms with Crippen molar-refractivity contribution < 1.29 is 18.7 Å². The van der Waals surface area contributed by atoms with Crippen LogP contribution in [-0.2, 0) is 11.2 Å². The second-order valence-corrected chi connectivity index (χ2v) is 8.00. The van der Waals surface area contributed by atoms with Crippen LogP contribution in [0.25, 0.3) is 0 Å². The van der Waals surface area contributed by atoms with Crippen LogP contribution in [0.3, 0.4) is 0 Å².